The number of ether oxygens (including phenoxy) is 1. The maximum atomic E-state index is 15.0. The predicted octanol–water partition coefficient (Wildman–Crippen LogP) is 4.62. The summed E-state index contributed by atoms with van der Waals surface area (Å²) >= 11 is 6.04. The number of hydrogen-bond acceptors (Lipinski definition) is 5. The molecule has 2 aromatic carbocycles. The van der Waals surface area contributed by atoms with Crippen LogP contribution in [0.15, 0.2) is 42.5 Å². The molecule has 158 valence electrons. The van der Waals surface area contributed by atoms with Crippen molar-refractivity contribution in [3.05, 3.63) is 64.2 Å². The minimum Gasteiger partial charge on any atom is -0.494 e. The molecule has 0 saturated carbocycles. The smallest absolute Gasteiger partial charge is 0.299 e. The third-order valence-electron chi connectivity index (χ3n) is 4.40. The highest BCUT2D eigenvalue weighted by atomic mass is 35.5. The number of carbonyl (C=O) groups is 1. The molecule has 0 fully saturated rings. The van der Waals surface area contributed by atoms with Crippen LogP contribution in [0.1, 0.15) is 36.5 Å². The fourth-order valence-corrected chi connectivity index (χ4v) is 3.06. The van der Waals surface area contributed by atoms with Crippen molar-refractivity contribution in [3.8, 4) is 5.75 Å². The van der Waals surface area contributed by atoms with Crippen molar-refractivity contribution in [3.63, 3.8) is 0 Å². The van der Waals surface area contributed by atoms with Crippen LogP contribution in [-0.4, -0.2) is 35.5 Å². The molecule has 8 heteroatoms. The SMILES string of the molecule is CCOc1ccc(C(F)(F)c2cc(CCC(=O)CC(CO)OO)ccc2Cl)cc1. The molecule has 0 heterocycles. The van der Waals surface area contributed by atoms with Crippen LogP contribution in [0.25, 0.3) is 0 Å². The Morgan fingerprint density at radius 1 is 1.21 bits per heavy atom. The molecule has 0 amide bonds. The van der Waals surface area contributed by atoms with Gasteiger partial charge >= 0.3 is 0 Å². The van der Waals surface area contributed by atoms with Crippen LogP contribution < -0.4 is 4.74 Å². The molecule has 2 rings (SSSR count). The highest BCUT2D eigenvalue weighted by molar-refractivity contribution is 6.31. The molecular weight excluding hydrogens is 406 g/mol. The second kappa shape index (κ2) is 10.6. The van der Waals surface area contributed by atoms with Crippen molar-refractivity contribution in [1.82, 2.24) is 0 Å². The Labute approximate surface area is 172 Å². The summed E-state index contributed by atoms with van der Waals surface area (Å²) in [6.45, 7) is 1.74. The van der Waals surface area contributed by atoms with E-state index in [0.717, 1.165) is 0 Å². The number of aliphatic hydroxyl groups is 1. The third kappa shape index (κ3) is 6.21. The summed E-state index contributed by atoms with van der Waals surface area (Å²) in [5.41, 5.74) is -0.0454. The van der Waals surface area contributed by atoms with Gasteiger partial charge in [0.15, 0.2) is 0 Å². The molecule has 0 bridgehead atoms. The number of halogens is 3. The van der Waals surface area contributed by atoms with Crippen molar-refractivity contribution in [2.45, 2.75) is 38.2 Å². The molecule has 2 N–H and O–H groups in total. The number of aliphatic hydroxyl groups excluding tert-OH is 1. The lowest BCUT2D eigenvalue weighted by Gasteiger charge is -2.20. The standard InChI is InChI=1S/C21H23ClF2O5/c1-2-28-17-8-5-15(6-9-17)21(23,24)19-11-14(4-10-20(19)22)3-7-16(26)12-18(13-25)29-27/h4-6,8-11,18,25,27H,2-3,7,12-13H2,1H3. The molecule has 0 radical (unpaired) electrons. The van der Waals surface area contributed by atoms with Gasteiger partial charge in [-0.3, -0.25) is 10.1 Å². The maximum absolute atomic E-state index is 15.0. The van der Waals surface area contributed by atoms with Crippen molar-refractivity contribution in [1.29, 1.82) is 0 Å². The second-order valence-electron chi connectivity index (χ2n) is 6.50. The molecule has 0 saturated heterocycles. The van der Waals surface area contributed by atoms with E-state index in [1.165, 1.54) is 36.4 Å². The summed E-state index contributed by atoms with van der Waals surface area (Å²) in [7, 11) is 0. The monoisotopic (exact) mass is 428 g/mol. The van der Waals surface area contributed by atoms with Crippen molar-refractivity contribution in [2.24, 2.45) is 0 Å². The number of hydrogen-bond donors (Lipinski definition) is 2. The van der Waals surface area contributed by atoms with E-state index in [1.807, 2.05) is 0 Å². The molecule has 0 aliphatic rings. The fourth-order valence-electron chi connectivity index (χ4n) is 2.83. The highest BCUT2D eigenvalue weighted by Crippen LogP contribution is 2.40. The van der Waals surface area contributed by atoms with Crippen molar-refractivity contribution >= 4 is 17.4 Å². The first-order valence-corrected chi connectivity index (χ1v) is 9.52. The lowest BCUT2D eigenvalue weighted by Crippen LogP contribution is -2.20. The van der Waals surface area contributed by atoms with Gasteiger partial charge in [-0.15, -0.1) is 0 Å². The van der Waals surface area contributed by atoms with Gasteiger partial charge in [-0.05, 0) is 55.3 Å². The number of alkyl halides is 2. The Hall–Kier alpha value is -2.06. The number of rotatable bonds is 11. The number of ketones is 1. The van der Waals surface area contributed by atoms with Gasteiger partial charge in [-0.25, -0.2) is 4.89 Å². The van der Waals surface area contributed by atoms with E-state index in [2.05, 4.69) is 4.89 Å². The average molecular weight is 429 g/mol. The van der Waals surface area contributed by atoms with Crippen LogP contribution in [0.3, 0.4) is 0 Å². The van der Waals surface area contributed by atoms with E-state index in [9.17, 15) is 4.79 Å². The zero-order valence-corrected chi connectivity index (χ0v) is 16.7. The van der Waals surface area contributed by atoms with E-state index in [4.69, 9.17) is 26.7 Å². The quantitative estimate of drug-likeness (QED) is 0.403. The van der Waals surface area contributed by atoms with E-state index in [1.54, 1.807) is 13.0 Å². The average Bonchev–Trinajstić information content (AvgIpc) is 2.72. The van der Waals surface area contributed by atoms with Gasteiger partial charge in [0.1, 0.15) is 17.6 Å². The molecule has 0 aromatic heterocycles. The van der Waals surface area contributed by atoms with Crippen LogP contribution >= 0.6 is 11.6 Å². The van der Waals surface area contributed by atoms with E-state index in [-0.39, 0.29) is 41.2 Å². The van der Waals surface area contributed by atoms with Crippen LogP contribution in [0.2, 0.25) is 5.02 Å². The normalized spacial score (nSPS) is 12.6. The van der Waals surface area contributed by atoms with Gasteiger partial charge in [0, 0.05) is 24.0 Å². The number of aryl methyl sites for hydroxylation is 1. The molecule has 0 spiro atoms. The molecule has 0 aliphatic heterocycles. The van der Waals surface area contributed by atoms with Crippen LogP contribution in [0.5, 0.6) is 5.75 Å². The summed E-state index contributed by atoms with van der Waals surface area (Å²) in [5.74, 6) is -3.10. The molecule has 29 heavy (non-hydrogen) atoms. The minimum absolute atomic E-state index is 0.0511. The summed E-state index contributed by atoms with van der Waals surface area (Å²) in [6.07, 6.45) is -0.899. The number of benzene rings is 2. The zero-order chi connectivity index (χ0) is 21.4. The zero-order valence-electron chi connectivity index (χ0n) is 15.9. The lowest BCUT2D eigenvalue weighted by atomic mass is 9.96. The second-order valence-corrected chi connectivity index (χ2v) is 6.91. The molecule has 5 nitrogen and oxygen atoms in total. The first kappa shape index (κ1) is 23.2. The summed E-state index contributed by atoms with van der Waals surface area (Å²) < 4.78 is 35.4. The molecular formula is C21H23ClF2O5. The molecule has 2 aromatic rings. The van der Waals surface area contributed by atoms with Crippen molar-refractivity contribution < 1.29 is 33.6 Å². The third-order valence-corrected chi connectivity index (χ3v) is 4.73. The number of Topliss-reactive ketones (excluding diaryl/α,β-unsaturated/α-hetero) is 1. The van der Waals surface area contributed by atoms with Gasteiger partial charge in [0.05, 0.1) is 18.2 Å². The Morgan fingerprint density at radius 2 is 1.90 bits per heavy atom. The summed E-state index contributed by atoms with van der Waals surface area (Å²) in [4.78, 5) is 15.9. The van der Waals surface area contributed by atoms with Gasteiger partial charge < -0.3 is 9.84 Å². The van der Waals surface area contributed by atoms with E-state index in [0.29, 0.717) is 17.9 Å². The summed E-state index contributed by atoms with van der Waals surface area (Å²) in [6, 6.07) is 9.79. The minimum atomic E-state index is -3.32. The first-order valence-electron chi connectivity index (χ1n) is 9.14. The first-order chi connectivity index (χ1) is 13.8. The Kier molecular flexibility index (Phi) is 8.52. The van der Waals surface area contributed by atoms with E-state index >= 15 is 8.78 Å². The number of carbonyl (C=O) groups excluding carboxylic acids is 1. The summed E-state index contributed by atoms with van der Waals surface area (Å²) in [5, 5.41) is 17.4. The van der Waals surface area contributed by atoms with Crippen LogP contribution in [-0.2, 0) is 22.0 Å². The molecule has 1 atom stereocenters. The Morgan fingerprint density at radius 3 is 2.48 bits per heavy atom. The van der Waals surface area contributed by atoms with Gasteiger partial charge in [0.2, 0.25) is 0 Å². The van der Waals surface area contributed by atoms with Crippen LogP contribution in [0, 0.1) is 0 Å². The maximum Gasteiger partial charge on any atom is 0.299 e. The Bertz CT molecular complexity index is 807. The topological polar surface area (TPSA) is 76.0 Å². The highest BCUT2D eigenvalue weighted by Gasteiger charge is 2.36. The predicted molar refractivity (Wildman–Crippen MR) is 105 cm³/mol. The Balaban J connectivity index is 2.15. The lowest BCUT2D eigenvalue weighted by molar-refractivity contribution is -0.284. The van der Waals surface area contributed by atoms with Gasteiger partial charge in [-0.2, -0.15) is 8.78 Å². The van der Waals surface area contributed by atoms with Gasteiger partial charge in [0.25, 0.3) is 5.92 Å². The van der Waals surface area contributed by atoms with E-state index < -0.39 is 18.6 Å². The largest absolute Gasteiger partial charge is 0.494 e. The molecule has 1 unspecified atom stereocenters. The van der Waals surface area contributed by atoms with Crippen LogP contribution in [0.4, 0.5) is 8.78 Å². The fraction of sp³-hybridized carbons (Fsp3) is 0.381. The van der Waals surface area contributed by atoms with Crippen molar-refractivity contribution in [2.75, 3.05) is 13.2 Å². The molecule has 0 aliphatic carbocycles. The van der Waals surface area contributed by atoms with Gasteiger partial charge in [-0.1, -0.05) is 17.7 Å².